The number of ether oxygens (including phenoxy) is 3. The maximum absolute atomic E-state index is 13.3. The molecule has 1 fully saturated rings. The lowest BCUT2D eigenvalue weighted by Crippen LogP contribution is -2.61. The molecular weight excluding hydrogens is 895 g/mol. The summed E-state index contributed by atoms with van der Waals surface area (Å²) in [6.07, 6.45) is 49.5. The summed E-state index contributed by atoms with van der Waals surface area (Å²) < 4.78 is 17.6. The second-order valence-corrected chi connectivity index (χ2v) is 19.7. The Labute approximate surface area is 432 Å². The summed E-state index contributed by atoms with van der Waals surface area (Å²) in [7, 11) is 0. The number of rotatable bonds is 47. The lowest BCUT2D eigenvalue weighted by molar-refractivity contribution is -0.305. The number of carbonyl (C=O) groups is 2. The normalized spacial score (nSPS) is 20.1. The summed E-state index contributed by atoms with van der Waals surface area (Å²) in [4.78, 5) is 26.4. The number of nitrogens with one attached hydrogen (secondary N) is 1. The van der Waals surface area contributed by atoms with Crippen LogP contribution in [0.25, 0.3) is 0 Å². The number of aliphatic hydroxyl groups is 5. The first-order chi connectivity index (χ1) is 34.7. The number of esters is 1. The molecule has 1 heterocycles. The van der Waals surface area contributed by atoms with Crippen molar-refractivity contribution in [1.29, 1.82) is 0 Å². The highest BCUT2D eigenvalue weighted by Crippen LogP contribution is 2.26. The fourth-order valence-electron chi connectivity index (χ4n) is 8.56. The highest BCUT2D eigenvalue weighted by Gasteiger charge is 2.47. The van der Waals surface area contributed by atoms with Crippen molar-refractivity contribution in [3.05, 3.63) is 72.9 Å². The monoisotopic (exact) mass is 1000 g/mol. The predicted molar refractivity (Wildman–Crippen MR) is 292 cm³/mol. The molecule has 8 atom stereocenters. The maximum atomic E-state index is 13.3. The molecule has 0 aliphatic carbocycles. The molecule has 0 aromatic heterocycles. The van der Waals surface area contributed by atoms with E-state index in [4.69, 9.17) is 14.2 Å². The van der Waals surface area contributed by atoms with Crippen molar-refractivity contribution < 1.29 is 49.3 Å². The Morgan fingerprint density at radius 2 is 1.07 bits per heavy atom. The Bertz CT molecular complexity index is 1430. The number of hydrogen-bond acceptors (Lipinski definition) is 10. The highest BCUT2D eigenvalue weighted by molar-refractivity contribution is 5.80. The number of aliphatic hydroxyl groups excluding tert-OH is 5. The second kappa shape index (κ2) is 48.1. The van der Waals surface area contributed by atoms with E-state index in [-0.39, 0.29) is 19.4 Å². The minimum Gasteiger partial charge on any atom is -0.454 e. The van der Waals surface area contributed by atoms with E-state index < -0.39 is 67.4 Å². The molecule has 0 spiro atoms. The van der Waals surface area contributed by atoms with Crippen LogP contribution in [0.15, 0.2) is 72.9 Å². The minimum absolute atomic E-state index is 0.114. The van der Waals surface area contributed by atoms with Crippen LogP contribution in [0.1, 0.15) is 233 Å². The Kier molecular flexibility index (Phi) is 44.8. The Balaban J connectivity index is 2.70. The smallest absolute Gasteiger partial charge is 0.306 e. The van der Waals surface area contributed by atoms with Gasteiger partial charge in [0.15, 0.2) is 12.4 Å². The van der Waals surface area contributed by atoms with E-state index in [0.717, 1.165) is 96.3 Å². The second-order valence-electron chi connectivity index (χ2n) is 19.7. The van der Waals surface area contributed by atoms with Gasteiger partial charge >= 0.3 is 5.97 Å². The van der Waals surface area contributed by atoms with Gasteiger partial charge in [-0.2, -0.15) is 0 Å². The summed E-state index contributed by atoms with van der Waals surface area (Å²) in [5.41, 5.74) is 0. The molecule has 6 N–H and O–H groups in total. The molecule has 71 heavy (non-hydrogen) atoms. The lowest BCUT2D eigenvalue weighted by atomic mass is 9.99. The molecule has 1 rings (SSSR count). The van der Waals surface area contributed by atoms with Gasteiger partial charge in [-0.3, -0.25) is 9.59 Å². The molecular formula is C60H105NO10. The number of carbonyl (C=O) groups excluding carboxylic acids is 2. The molecule has 0 aromatic rings. The number of amides is 1. The third kappa shape index (κ3) is 36.6. The quantitative estimate of drug-likeness (QED) is 0.0149. The SMILES string of the molecule is CC/C=C/C=C/C=C\CCCCCCC(O)C(=O)NC(COC1OC(CO)C(O)C(O)C1OC(=O)CCCCCCCCCCC/C=C\C/C=C\CCCCC)C(O)/C=C/CCCCCCCCCCC. The summed E-state index contributed by atoms with van der Waals surface area (Å²) >= 11 is 0. The fraction of sp³-hybridized carbons (Fsp3) is 0.767. The van der Waals surface area contributed by atoms with E-state index in [9.17, 15) is 35.1 Å². The van der Waals surface area contributed by atoms with E-state index >= 15 is 0 Å². The van der Waals surface area contributed by atoms with Gasteiger partial charge in [-0.05, 0) is 77.0 Å². The molecule has 1 saturated heterocycles. The summed E-state index contributed by atoms with van der Waals surface area (Å²) in [6, 6.07) is -1.04. The average molecular weight is 1000 g/mol. The van der Waals surface area contributed by atoms with Crippen molar-refractivity contribution in [3.8, 4) is 0 Å². The van der Waals surface area contributed by atoms with Gasteiger partial charge in [0.25, 0.3) is 0 Å². The predicted octanol–water partition coefficient (Wildman–Crippen LogP) is 12.8. The zero-order valence-corrected chi connectivity index (χ0v) is 45.1. The largest absolute Gasteiger partial charge is 0.454 e. The molecule has 11 nitrogen and oxygen atoms in total. The zero-order chi connectivity index (χ0) is 51.8. The van der Waals surface area contributed by atoms with Gasteiger partial charge in [-0.25, -0.2) is 0 Å². The van der Waals surface area contributed by atoms with Gasteiger partial charge in [0.1, 0.15) is 24.4 Å². The first-order valence-corrected chi connectivity index (χ1v) is 28.7. The van der Waals surface area contributed by atoms with Crippen molar-refractivity contribution >= 4 is 11.9 Å². The van der Waals surface area contributed by atoms with Crippen molar-refractivity contribution in [3.63, 3.8) is 0 Å². The van der Waals surface area contributed by atoms with Gasteiger partial charge in [0, 0.05) is 6.42 Å². The molecule has 0 bridgehead atoms. The first kappa shape index (κ1) is 66.1. The van der Waals surface area contributed by atoms with Gasteiger partial charge < -0.3 is 45.1 Å². The molecule has 1 aliphatic rings. The van der Waals surface area contributed by atoms with Crippen LogP contribution >= 0.6 is 0 Å². The molecule has 8 unspecified atom stereocenters. The van der Waals surface area contributed by atoms with Gasteiger partial charge in [0.2, 0.25) is 5.91 Å². The molecule has 0 aromatic carbocycles. The summed E-state index contributed by atoms with van der Waals surface area (Å²) in [5, 5.41) is 56.7. The van der Waals surface area contributed by atoms with Gasteiger partial charge in [0.05, 0.1) is 25.4 Å². The zero-order valence-electron chi connectivity index (χ0n) is 45.1. The van der Waals surface area contributed by atoms with Crippen molar-refractivity contribution in [2.24, 2.45) is 0 Å². The Hall–Kier alpha value is -2.90. The van der Waals surface area contributed by atoms with Crippen LogP contribution in [-0.4, -0.2) is 99.6 Å². The standard InChI is InChI=1S/C60H105NO10/c1-4-7-10-13-16-19-22-24-25-26-27-28-29-30-33-36-39-42-45-48-55(65)71-58-57(67)56(66)54(49-62)70-60(58)69-50-51(52(63)46-43-40-37-34-31-21-18-15-12-9-6-3)61-59(68)53(64)47-44-41-38-35-32-23-20-17-14-11-8-5-2/h8,11,14,16-17,19-20,23-25,43,46,51-54,56-58,60,62-64,66-67H,4-7,9-10,12-13,15,18,21-22,26-42,44-45,47-50H2,1-3H3,(H,61,68)/b11-8+,17-14+,19-16-,23-20-,25-24-,46-43+. The first-order valence-electron chi connectivity index (χ1n) is 28.7. The van der Waals surface area contributed by atoms with Crippen LogP contribution in [0.2, 0.25) is 0 Å². The Morgan fingerprint density at radius 1 is 0.577 bits per heavy atom. The van der Waals surface area contributed by atoms with Crippen LogP contribution in [0.4, 0.5) is 0 Å². The van der Waals surface area contributed by atoms with Gasteiger partial charge in [-0.15, -0.1) is 0 Å². The lowest BCUT2D eigenvalue weighted by Gasteiger charge is -2.41. The molecule has 1 amide bonds. The van der Waals surface area contributed by atoms with Crippen molar-refractivity contribution in [2.75, 3.05) is 13.2 Å². The highest BCUT2D eigenvalue weighted by atomic mass is 16.7. The third-order valence-electron chi connectivity index (χ3n) is 13.2. The van der Waals surface area contributed by atoms with E-state index in [1.807, 2.05) is 30.4 Å². The average Bonchev–Trinajstić information content (AvgIpc) is 3.37. The number of hydrogen-bond donors (Lipinski definition) is 6. The van der Waals surface area contributed by atoms with Crippen molar-refractivity contribution in [1.82, 2.24) is 5.32 Å². The summed E-state index contributed by atoms with van der Waals surface area (Å²) in [5.74, 6) is -1.22. The molecule has 1 aliphatic heterocycles. The fourth-order valence-corrected chi connectivity index (χ4v) is 8.56. The van der Waals surface area contributed by atoms with E-state index in [1.165, 1.54) is 89.9 Å². The minimum atomic E-state index is -1.62. The molecule has 0 saturated carbocycles. The van der Waals surface area contributed by atoms with Gasteiger partial charge in [-0.1, -0.05) is 222 Å². The van der Waals surface area contributed by atoms with E-state index in [0.29, 0.717) is 12.8 Å². The van der Waals surface area contributed by atoms with Crippen molar-refractivity contribution in [2.45, 2.75) is 282 Å². The third-order valence-corrected chi connectivity index (χ3v) is 13.2. The van der Waals surface area contributed by atoms with E-state index in [1.54, 1.807) is 6.08 Å². The topological polar surface area (TPSA) is 175 Å². The van der Waals surface area contributed by atoms with Crippen LogP contribution in [0, 0.1) is 0 Å². The summed E-state index contributed by atoms with van der Waals surface area (Å²) in [6.45, 7) is 5.59. The van der Waals surface area contributed by atoms with Crippen LogP contribution < -0.4 is 5.32 Å². The van der Waals surface area contributed by atoms with Crippen LogP contribution in [0.3, 0.4) is 0 Å². The van der Waals surface area contributed by atoms with E-state index in [2.05, 4.69) is 62.5 Å². The number of allylic oxidation sites excluding steroid dienone is 11. The number of unbranched alkanes of at least 4 members (excludes halogenated alkanes) is 25. The molecule has 0 radical (unpaired) electrons. The van der Waals surface area contributed by atoms with Crippen LogP contribution in [-0.2, 0) is 23.8 Å². The molecule has 11 heteroatoms. The van der Waals surface area contributed by atoms with Crippen LogP contribution in [0.5, 0.6) is 0 Å². The maximum Gasteiger partial charge on any atom is 0.306 e. The Morgan fingerprint density at radius 3 is 1.65 bits per heavy atom. The molecule has 410 valence electrons.